The van der Waals surface area contributed by atoms with Gasteiger partial charge in [0.15, 0.2) is 0 Å². The third-order valence-electron chi connectivity index (χ3n) is 6.42. The number of carbonyl (C=O) groups is 1. The van der Waals surface area contributed by atoms with Gasteiger partial charge in [-0.2, -0.15) is 0 Å². The highest BCUT2D eigenvalue weighted by Gasteiger charge is 2.65. The standard InChI is InChI=1S/C17H28O3/c1-10-6-7-13-9-17(20-16(13,4)5)11(2)15(8-14(10)17)19-12(3)18/h10-11,13-15H,6-9H2,1-5H3/t10-,11+,13+,14+,15-,17-/m0/s1. The van der Waals surface area contributed by atoms with Gasteiger partial charge < -0.3 is 9.47 Å². The van der Waals surface area contributed by atoms with Crippen molar-refractivity contribution in [3.63, 3.8) is 0 Å². The average molecular weight is 280 g/mol. The molecule has 2 aliphatic carbocycles. The Bertz CT molecular complexity index is 416. The Labute approximate surface area is 122 Å². The van der Waals surface area contributed by atoms with Crippen LogP contribution in [0.5, 0.6) is 0 Å². The molecule has 0 aromatic heterocycles. The van der Waals surface area contributed by atoms with Gasteiger partial charge in [0, 0.05) is 12.8 Å². The molecule has 1 spiro atoms. The predicted molar refractivity (Wildman–Crippen MR) is 77.2 cm³/mol. The van der Waals surface area contributed by atoms with Crippen molar-refractivity contribution in [3.8, 4) is 0 Å². The van der Waals surface area contributed by atoms with Crippen molar-refractivity contribution < 1.29 is 14.3 Å². The number of ether oxygens (including phenoxy) is 2. The van der Waals surface area contributed by atoms with Gasteiger partial charge in [-0.05, 0) is 57.3 Å². The van der Waals surface area contributed by atoms with Crippen LogP contribution in [-0.2, 0) is 14.3 Å². The van der Waals surface area contributed by atoms with Crippen LogP contribution in [0.3, 0.4) is 0 Å². The SMILES string of the molecule is CC(=O)O[C@H]1C[C@@H]2[C@@H](C)CC[C@@H]3C[C@]2(OC3(C)C)[C@@H]1C. The van der Waals surface area contributed by atoms with Crippen molar-refractivity contribution in [1.29, 1.82) is 0 Å². The van der Waals surface area contributed by atoms with Crippen LogP contribution in [0.4, 0.5) is 0 Å². The van der Waals surface area contributed by atoms with Gasteiger partial charge in [-0.1, -0.05) is 13.8 Å². The normalized spacial score (nSPS) is 49.5. The van der Waals surface area contributed by atoms with Gasteiger partial charge in [0.2, 0.25) is 0 Å². The summed E-state index contributed by atoms with van der Waals surface area (Å²) in [5, 5.41) is 0. The number of hydrogen-bond acceptors (Lipinski definition) is 3. The summed E-state index contributed by atoms with van der Waals surface area (Å²) in [5.41, 5.74) is -0.0953. The Morgan fingerprint density at radius 2 is 1.95 bits per heavy atom. The van der Waals surface area contributed by atoms with Crippen molar-refractivity contribution in [2.24, 2.45) is 23.7 Å². The molecule has 0 aromatic carbocycles. The zero-order chi connectivity index (χ0) is 14.7. The molecule has 0 radical (unpaired) electrons. The molecule has 3 rings (SSSR count). The lowest BCUT2D eigenvalue weighted by molar-refractivity contribution is -0.160. The summed E-state index contributed by atoms with van der Waals surface area (Å²) in [5.74, 6) is 2.00. The fourth-order valence-electron chi connectivity index (χ4n) is 5.25. The zero-order valence-electron chi connectivity index (χ0n) is 13.4. The minimum absolute atomic E-state index is 0.0300. The Morgan fingerprint density at radius 3 is 2.60 bits per heavy atom. The van der Waals surface area contributed by atoms with Gasteiger partial charge in [0.25, 0.3) is 0 Å². The molecular formula is C17H28O3. The molecule has 2 bridgehead atoms. The minimum Gasteiger partial charge on any atom is -0.462 e. The predicted octanol–water partition coefficient (Wildman–Crippen LogP) is 3.56. The first-order valence-corrected chi connectivity index (χ1v) is 8.13. The molecule has 0 unspecified atom stereocenters. The van der Waals surface area contributed by atoms with Crippen LogP contribution in [0, 0.1) is 23.7 Å². The third kappa shape index (κ3) is 1.93. The number of esters is 1. The average Bonchev–Trinajstić information content (AvgIpc) is 2.68. The lowest BCUT2D eigenvalue weighted by Gasteiger charge is -2.40. The van der Waals surface area contributed by atoms with Crippen molar-refractivity contribution in [2.45, 2.75) is 77.6 Å². The van der Waals surface area contributed by atoms with E-state index >= 15 is 0 Å². The maximum Gasteiger partial charge on any atom is 0.302 e. The molecule has 114 valence electrons. The molecule has 6 atom stereocenters. The van der Waals surface area contributed by atoms with Gasteiger partial charge in [0.1, 0.15) is 6.10 Å². The summed E-state index contributed by atoms with van der Waals surface area (Å²) in [6.45, 7) is 10.6. The molecular weight excluding hydrogens is 252 g/mol. The fraction of sp³-hybridized carbons (Fsp3) is 0.941. The molecule has 3 nitrogen and oxygen atoms in total. The third-order valence-corrected chi connectivity index (χ3v) is 6.42. The second-order valence-corrected chi connectivity index (χ2v) is 7.89. The monoisotopic (exact) mass is 280 g/mol. The molecule has 0 N–H and O–H groups in total. The Balaban J connectivity index is 1.94. The van der Waals surface area contributed by atoms with E-state index in [0.717, 1.165) is 12.8 Å². The quantitative estimate of drug-likeness (QED) is 0.689. The molecule has 1 saturated heterocycles. The molecule has 3 heteroatoms. The van der Waals surface area contributed by atoms with Crippen molar-refractivity contribution in [1.82, 2.24) is 0 Å². The molecule has 20 heavy (non-hydrogen) atoms. The molecule has 3 aliphatic rings. The van der Waals surface area contributed by atoms with Crippen LogP contribution in [0.25, 0.3) is 0 Å². The highest BCUT2D eigenvalue weighted by Crippen LogP contribution is 2.61. The lowest BCUT2D eigenvalue weighted by atomic mass is 9.77. The maximum atomic E-state index is 11.4. The molecule has 0 amide bonds. The first kappa shape index (κ1) is 14.4. The lowest BCUT2D eigenvalue weighted by Crippen LogP contribution is -2.44. The van der Waals surface area contributed by atoms with E-state index in [4.69, 9.17) is 9.47 Å². The molecule has 2 saturated carbocycles. The van der Waals surface area contributed by atoms with E-state index < -0.39 is 0 Å². The molecule has 0 aromatic rings. The van der Waals surface area contributed by atoms with E-state index in [1.54, 1.807) is 0 Å². The Hall–Kier alpha value is -0.570. The second kappa shape index (κ2) is 4.46. The summed E-state index contributed by atoms with van der Waals surface area (Å²) in [6.07, 6.45) is 4.71. The number of rotatable bonds is 1. The maximum absolute atomic E-state index is 11.4. The van der Waals surface area contributed by atoms with E-state index in [0.29, 0.717) is 23.7 Å². The Morgan fingerprint density at radius 1 is 1.25 bits per heavy atom. The van der Waals surface area contributed by atoms with E-state index in [2.05, 4.69) is 27.7 Å². The largest absolute Gasteiger partial charge is 0.462 e. The summed E-state index contributed by atoms with van der Waals surface area (Å²) >= 11 is 0. The smallest absolute Gasteiger partial charge is 0.302 e. The second-order valence-electron chi connectivity index (χ2n) is 7.89. The number of hydrogen-bond donors (Lipinski definition) is 0. The highest BCUT2D eigenvalue weighted by atomic mass is 16.6. The van der Waals surface area contributed by atoms with Crippen molar-refractivity contribution >= 4 is 5.97 Å². The van der Waals surface area contributed by atoms with Gasteiger partial charge in [-0.25, -0.2) is 0 Å². The van der Waals surface area contributed by atoms with Crippen molar-refractivity contribution in [3.05, 3.63) is 0 Å². The number of carbonyl (C=O) groups excluding carboxylic acids is 1. The van der Waals surface area contributed by atoms with Crippen LogP contribution in [0.2, 0.25) is 0 Å². The number of fused-ring (bicyclic) bond motifs is 1. The topological polar surface area (TPSA) is 35.5 Å². The van der Waals surface area contributed by atoms with Crippen LogP contribution in [0.15, 0.2) is 0 Å². The minimum atomic E-state index is -0.156. The van der Waals surface area contributed by atoms with Gasteiger partial charge in [0.05, 0.1) is 11.2 Å². The van der Waals surface area contributed by atoms with Gasteiger partial charge >= 0.3 is 5.97 Å². The van der Waals surface area contributed by atoms with Crippen LogP contribution in [-0.4, -0.2) is 23.3 Å². The summed E-state index contributed by atoms with van der Waals surface area (Å²) in [7, 11) is 0. The van der Waals surface area contributed by atoms with Gasteiger partial charge in [-0.3, -0.25) is 4.79 Å². The first-order chi connectivity index (χ1) is 9.26. The van der Waals surface area contributed by atoms with E-state index in [-0.39, 0.29) is 23.3 Å². The molecule has 3 fully saturated rings. The molecule has 1 aliphatic heterocycles. The van der Waals surface area contributed by atoms with Crippen molar-refractivity contribution in [2.75, 3.05) is 0 Å². The first-order valence-electron chi connectivity index (χ1n) is 8.13. The summed E-state index contributed by atoms with van der Waals surface area (Å²) < 4.78 is 12.3. The summed E-state index contributed by atoms with van der Waals surface area (Å²) in [6, 6.07) is 0. The Kier molecular flexibility index (Phi) is 3.20. The van der Waals surface area contributed by atoms with Crippen LogP contribution in [0.1, 0.15) is 60.3 Å². The van der Waals surface area contributed by atoms with Crippen LogP contribution >= 0.6 is 0 Å². The van der Waals surface area contributed by atoms with Gasteiger partial charge in [-0.15, -0.1) is 0 Å². The fourth-order valence-corrected chi connectivity index (χ4v) is 5.25. The van der Waals surface area contributed by atoms with E-state index in [1.165, 1.54) is 19.8 Å². The molecule has 1 heterocycles. The van der Waals surface area contributed by atoms with E-state index in [1.807, 2.05) is 0 Å². The van der Waals surface area contributed by atoms with Crippen LogP contribution < -0.4 is 0 Å². The zero-order valence-corrected chi connectivity index (χ0v) is 13.4. The highest BCUT2D eigenvalue weighted by molar-refractivity contribution is 5.66. The van der Waals surface area contributed by atoms with E-state index in [9.17, 15) is 4.79 Å². The summed E-state index contributed by atoms with van der Waals surface area (Å²) in [4.78, 5) is 11.4.